The summed E-state index contributed by atoms with van der Waals surface area (Å²) in [4.78, 5) is 17.6. The number of hydrogen-bond donors (Lipinski definition) is 1. The number of hydrogen-bond acceptors (Lipinski definition) is 4. The summed E-state index contributed by atoms with van der Waals surface area (Å²) in [6.45, 7) is 7.67. The van der Waals surface area contributed by atoms with Crippen molar-refractivity contribution in [1.82, 2.24) is 14.9 Å². The van der Waals surface area contributed by atoms with Gasteiger partial charge in [0.1, 0.15) is 17.3 Å². The zero-order chi connectivity index (χ0) is 25.5. The molecule has 36 heavy (non-hydrogen) atoms. The molecule has 3 aromatic carbocycles. The van der Waals surface area contributed by atoms with Crippen LogP contribution in [0.3, 0.4) is 0 Å². The van der Waals surface area contributed by atoms with Crippen molar-refractivity contribution in [3.63, 3.8) is 0 Å². The summed E-state index contributed by atoms with van der Waals surface area (Å²) < 4.78 is 13.5. The van der Waals surface area contributed by atoms with Crippen LogP contribution in [-0.2, 0) is 17.8 Å². The molecule has 1 unspecified atom stereocenters. The van der Waals surface area contributed by atoms with Gasteiger partial charge in [-0.2, -0.15) is 0 Å². The van der Waals surface area contributed by atoms with Gasteiger partial charge in [-0.05, 0) is 80.6 Å². The van der Waals surface area contributed by atoms with E-state index in [-0.39, 0.29) is 11.9 Å². The number of methoxy groups -OCH3 is 1. The average Bonchev–Trinajstić information content (AvgIpc) is 3.25. The SMILES string of the molecule is COc1ccc(CC(=O)NC(C)c2nc3ccccc3n2CCCCOc2cccc(C)c2C)cc1. The third-order valence-corrected chi connectivity index (χ3v) is 6.56. The van der Waals surface area contributed by atoms with Gasteiger partial charge in [-0.25, -0.2) is 4.98 Å². The van der Waals surface area contributed by atoms with Gasteiger partial charge in [0.15, 0.2) is 0 Å². The van der Waals surface area contributed by atoms with Crippen molar-refractivity contribution in [3.8, 4) is 11.5 Å². The van der Waals surface area contributed by atoms with Crippen molar-refractivity contribution in [1.29, 1.82) is 0 Å². The number of rotatable bonds is 11. The van der Waals surface area contributed by atoms with Crippen molar-refractivity contribution in [2.75, 3.05) is 13.7 Å². The first-order valence-corrected chi connectivity index (χ1v) is 12.5. The lowest BCUT2D eigenvalue weighted by Crippen LogP contribution is -2.30. The van der Waals surface area contributed by atoms with Gasteiger partial charge in [-0.15, -0.1) is 0 Å². The molecule has 0 saturated heterocycles. The molecule has 0 bridgehead atoms. The van der Waals surface area contributed by atoms with E-state index in [9.17, 15) is 4.79 Å². The maximum Gasteiger partial charge on any atom is 0.224 e. The maximum atomic E-state index is 12.8. The fourth-order valence-corrected chi connectivity index (χ4v) is 4.38. The summed E-state index contributed by atoms with van der Waals surface area (Å²) >= 11 is 0. The number of aromatic nitrogens is 2. The van der Waals surface area contributed by atoms with Gasteiger partial charge in [0.25, 0.3) is 0 Å². The predicted octanol–water partition coefficient (Wildman–Crippen LogP) is 5.94. The van der Waals surface area contributed by atoms with E-state index >= 15 is 0 Å². The third kappa shape index (κ3) is 6.06. The molecule has 1 N–H and O–H groups in total. The molecule has 1 heterocycles. The van der Waals surface area contributed by atoms with E-state index in [0.29, 0.717) is 13.0 Å². The molecule has 0 aliphatic rings. The van der Waals surface area contributed by atoms with Crippen LogP contribution in [0.15, 0.2) is 66.7 Å². The first-order valence-electron chi connectivity index (χ1n) is 12.5. The minimum Gasteiger partial charge on any atom is -0.497 e. The normalized spacial score (nSPS) is 11.9. The molecule has 1 atom stereocenters. The quantitative estimate of drug-likeness (QED) is 0.267. The Labute approximate surface area is 213 Å². The first kappa shape index (κ1) is 25.3. The van der Waals surface area contributed by atoms with Crippen molar-refractivity contribution in [2.24, 2.45) is 0 Å². The van der Waals surface area contributed by atoms with Gasteiger partial charge in [0, 0.05) is 6.54 Å². The number of para-hydroxylation sites is 2. The minimum atomic E-state index is -0.214. The van der Waals surface area contributed by atoms with Gasteiger partial charge in [-0.3, -0.25) is 4.79 Å². The number of benzene rings is 3. The molecule has 4 rings (SSSR count). The predicted molar refractivity (Wildman–Crippen MR) is 144 cm³/mol. The van der Waals surface area contributed by atoms with E-state index in [0.717, 1.165) is 53.3 Å². The lowest BCUT2D eigenvalue weighted by Gasteiger charge is -2.17. The standard InChI is InChI=1S/C30H35N3O3/c1-21-10-9-13-28(22(21)2)36-19-8-7-18-33-27-12-6-5-11-26(27)32-30(33)23(3)31-29(34)20-24-14-16-25(35-4)17-15-24/h5-6,9-17,23H,7-8,18-20H2,1-4H3,(H,31,34). The number of fused-ring (bicyclic) bond motifs is 1. The summed E-state index contributed by atoms with van der Waals surface area (Å²) in [5, 5.41) is 3.13. The number of nitrogens with zero attached hydrogens (tertiary/aromatic N) is 2. The van der Waals surface area contributed by atoms with Crippen molar-refractivity contribution in [3.05, 3.63) is 89.2 Å². The summed E-state index contributed by atoms with van der Waals surface area (Å²) in [5.74, 6) is 2.57. The lowest BCUT2D eigenvalue weighted by atomic mass is 10.1. The second kappa shape index (κ2) is 11.8. The van der Waals surface area contributed by atoms with E-state index in [1.807, 2.05) is 61.5 Å². The van der Waals surface area contributed by atoms with E-state index in [4.69, 9.17) is 14.5 Å². The molecule has 6 nitrogen and oxygen atoms in total. The summed E-state index contributed by atoms with van der Waals surface area (Å²) in [6, 6.07) is 21.7. The molecule has 0 saturated carbocycles. The molecule has 1 aromatic heterocycles. The molecule has 188 valence electrons. The van der Waals surface area contributed by atoms with Crippen LogP contribution < -0.4 is 14.8 Å². The fourth-order valence-electron chi connectivity index (χ4n) is 4.38. The summed E-state index contributed by atoms with van der Waals surface area (Å²) in [5.41, 5.74) is 5.40. The van der Waals surface area contributed by atoms with Gasteiger partial charge in [0.05, 0.1) is 37.2 Å². The largest absolute Gasteiger partial charge is 0.497 e. The smallest absolute Gasteiger partial charge is 0.224 e. The monoisotopic (exact) mass is 485 g/mol. The second-order valence-electron chi connectivity index (χ2n) is 9.18. The molecule has 4 aromatic rings. The van der Waals surface area contributed by atoms with Crippen LogP contribution in [0.2, 0.25) is 0 Å². The van der Waals surface area contributed by atoms with Crippen LogP contribution in [0.4, 0.5) is 0 Å². The van der Waals surface area contributed by atoms with Crippen LogP contribution in [0, 0.1) is 13.8 Å². The number of unbranched alkanes of at least 4 members (excludes halogenated alkanes) is 1. The Morgan fingerprint density at radius 1 is 1.00 bits per heavy atom. The Kier molecular flexibility index (Phi) is 8.26. The van der Waals surface area contributed by atoms with Gasteiger partial charge >= 0.3 is 0 Å². The van der Waals surface area contributed by atoms with E-state index in [2.05, 4.69) is 35.9 Å². The number of nitrogens with one attached hydrogen (secondary N) is 1. The molecule has 6 heteroatoms. The zero-order valence-corrected chi connectivity index (χ0v) is 21.6. The van der Waals surface area contributed by atoms with E-state index in [1.54, 1.807) is 7.11 Å². The maximum absolute atomic E-state index is 12.8. The molecule has 0 aliphatic heterocycles. The highest BCUT2D eigenvalue weighted by molar-refractivity contribution is 5.79. The van der Waals surface area contributed by atoms with Crippen LogP contribution in [-0.4, -0.2) is 29.2 Å². The van der Waals surface area contributed by atoms with Crippen molar-refractivity contribution in [2.45, 2.75) is 52.6 Å². The Hall–Kier alpha value is -3.80. The molecular formula is C30H35N3O3. The minimum absolute atomic E-state index is 0.0341. The Balaban J connectivity index is 1.38. The average molecular weight is 486 g/mol. The third-order valence-electron chi connectivity index (χ3n) is 6.56. The first-order chi connectivity index (χ1) is 17.5. The zero-order valence-electron chi connectivity index (χ0n) is 21.6. The molecule has 0 aliphatic carbocycles. The number of carbonyl (C=O) groups excluding carboxylic acids is 1. The van der Waals surface area contributed by atoms with Gasteiger partial charge in [-0.1, -0.05) is 36.4 Å². The van der Waals surface area contributed by atoms with Crippen LogP contribution in [0.5, 0.6) is 11.5 Å². The number of aryl methyl sites for hydroxylation is 2. The Morgan fingerprint density at radius 2 is 1.78 bits per heavy atom. The number of amides is 1. The van der Waals surface area contributed by atoms with E-state index in [1.165, 1.54) is 11.1 Å². The van der Waals surface area contributed by atoms with Crippen molar-refractivity contribution >= 4 is 16.9 Å². The molecule has 0 fully saturated rings. The highest BCUT2D eigenvalue weighted by Gasteiger charge is 2.18. The summed E-state index contributed by atoms with van der Waals surface area (Å²) in [6.07, 6.45) is 2.19. The van der Waals surface area contributed by atoms with Gasteiger partial charge < -0.3 is 19.4 Å². The number of ether oxygens (including phenoxy) is 2. The molecule has 1 amide bonds. The Morgan fingerprint density at radius 3 is 2.56 bits per heavy atom. The topological polar surface area (TPSA) is 65.4 Å². The van der Waals surface area contributed by atoms with Crippen LogP contribution >= 0.6 is 0 Å². The molecule has 0 radical (unpaired) electrons. The number of carbonyl (C=O) groups is 1. The second-order valence-corrected chi connectivity index (χ2v) is 9.18. The highest BCUT2D eigenvalue weighted by atomic mass is 16.5. The fraction of sp³-hybridized carbons (Fsp3) is 0.333. The summed E-state index contributed by atoms with van der Waals surface area (Å²) in [7, 11) is 1.63. The highest BCUT2D eigenvalue weighted by Crippen LogP contribution is 2.23. The van der Waals surface area contributed by atoms with Crippen LogP contribution in [0.25, 0.3) is 11.0 Å². The molecular weight excluding hydrogens is 450 g/mol. The van der Waals surface area contributed by atoms with Crippen LogP contribution in [0.1, 0.15) is 48.3 Å². The van der Waals surface area contributed by atoms with Gasteiger partial charge in [0.2, 0.25) is 5.91 Å². The van der Waals surface area contributed by atoms with Crippen molar-refractivity contribution < 1.29 is 14.3 Å². The lowest BCUT2D eigenvalue weighted by molar-refractivity contribution is -0.121. The number of imidazole rings is 1. The van der Waals surface area contributed by atoms with E-state index < -0.39 is 0 Å². The molecule has 0 spiro atoms. The Bertz CT molecular complexity index is 1310.